The van der Waals surface area contributed by atoms with Crippen molar-refractivity contribution < 1.29 is 12.6 Å². The zero-order chi connectivity index (χ0) is 15.6. The molecule has 0 saturated heterocycles. The summed E-state index contributed by atoms with van der Waals surface area (Å²) in [5.41, 5.74) is 3.99. The van der Waals surface area contributed by atoms with Crippen LogP contribution in [0.5, 0.6) is 0 Å². The van der Waals surface area contributed by atoms with E-state index in [4.69, 9.17) is 4.18 Å². The zero-order valence-electron chi connectivity index (χ0n) is 12.8. The van der Waals surface area contributed by atoms with Crippen LogP contribution in [-0.2, 0) is 27.8 Å². The first-order valence-corrected chi connectivity index (χ1v) is 8.17. The van der Waals surface area contributed by atoms with Gasteiger partial charge in [-0.1, -0.05) is 17.7 Å². The SMILES string of the molecule is Cc1ccc(S(=O)(=O)OCCc2c(C)nn(C)c2C)cc1. The molecular weight excluding hydrogens is 288 g/mol. The number of rotatable bonds is 5. The molecule has 0 aliphatic carbocycles. The van der Waals surface area contributed by atoms with Gasteiger partial charge in [-0.2, -0.15) is 13.5 Å². The van der Waals surface area contributed by atoms with Crippen LogP contribution in [0.15, 0.2) is 29.2 Å². The average molecular weight is 308 g/mol. The molecule has 114 valence electrons. The number of aromatic nitrogens is 2. The number of benzene rings is 1. The van der Waals surface area contributed by atoms with Crippen LogP contribution in [-0.4, -0.2) is 24.8 Å². The van der Waals surface area contributed by atoms with Crippen LogP contribution in [0.1, 0.15) is 22.5 Å². The largest absolute Gasteiger partial charge is 0.296 e. The van der Waals surface area contributed by atoms with Crippen LogP contribution in [0.2, 0.25) is 0 Å². The van der Waals surface area contributed by atoms with Gasteiger partial charge in [-0.05, 0) is 38.5 Å². The van der Waals surface area contributed by atoms with E-state index in [1.165, 1.54) is 0 Å². The Hall–Kier alpha value is -1.66. The van der Waals surface area contributed by atoms with Crippen LogP contribution >= 0.6 is 0 Å². The molecule has 0 unspecified atom stereocenters. The smallest absolute Gasteiger partial charge is 0.272 e. The van der Waals surface area contributed by atoms with E-state index >= 15 is 0 Å². The van der Waals surface area contributed by atoms with E-state index in [-0.39, 0.29) is 11.5 Å². The molecule has 0 spiro atoms. The molecule has 1 heterocycles. The third kappa shape index (κ3) is 3.51. The summed E-state index contributed by atoms with van der Waals surface area (Å²) >= 11 is 0. The second-order valence-electron chi connectivity index (χ2n) is 5.11. The van der Waals surface area contributed by atoms with Gasteiger partial charge in [-0.3, -0.25) is 8.86 Å². The Kier molecular flexibility index (Phi) is 4.49. The van der Waals surface area contributed by atoms with Gasteiger partial charge in [-0.25, -0.2) is 0 Å². The molecule has 0 radical (unpaired) electrons. The predicted molar refractivity (Wildman–Crippen MR) is 80.7 cm³/mol. The van der Waals surface area contributed by atoms with E-state index in [0.717, 1.165) is 22.5 Å². The summed E-state index contributed by atoms with van der Waals surface area (Å²) in [6.45, 7) is 5.90. The van der Waals surface area contributed by atoms with E-state index < -0.39 is 10.1 Å². The summed E-state index contributed by atoms with van der Waals surface area (Å²) in [4.78, 5) is 0.188. The second-order valence-corrected chi connectivity index (χ2v) is 6.73. The van der Waals surface area contributed by atoms with Crippen molar-refractivity contribution in [1.82, 2.24) is 9.78 Å². The maximum absolute atomic E-state index is 12.1. The third-order valence-electron chi connectivity index (χ3n) is 3.56. The number of hydrogen-bond acceptors (Lipinski definition) is 4. The Morgan fingerprint density at radius 3 is 2.29 bits per heavy atom. The molecule has 0 bridgehead atoms. The molecule has 0 saturated carbocycles. The first kappa shape index (κ1) is 15.7. The lowest BCUT2D eigenvalue weighted by atomic mass is 10.1. The molecule has 1 aromatic carbocycles. The van der Waals surface area contributed by atoms with Crippen LogP contribution in [0.25, 0.3) is 0 Å². The van der Waals surface area contributed by atoms with Gasteiger partial charge in [0.2, 0.25) is 0 Å². The topological polar surface area (TPSA) is 61.2 Å². The van der Waals surface area contributed by atoms with E-state index in [1.807, 2.05) is 27.8 Å². The molecule has 5 nitrogen and oxygen atoms in total. The molecule has 0 N–H and O–H groups in total. The molecule has 0 amide bonds. The van der Waals surface area contributed by atoms with Gasteiger partial charge in [0.05, 0.1) is 17.2 Å². The van der Waals surface area contributed by atoms with Gasteiger partial charge in [0.15, 0.2) is 0 Å². The average Bonchev–Trinajstić information content (AvgIpc) is 2.65. The fourth-order valence-corrected chi connectivity index (χ4v) is 3.11. The monoisotopic (exact) mass is 308 g/mol. The summed E-state index contributed by atoms with van der Waals surface area (Å²) in [7, 11) is -1.82. The van der Waals surface area contributed by atoms with Crippen molar-refractivity contribution in [1.29, 1.82) is 0 Å². The molecule has 0 atom stereocenters. The van der Waals surface area contributed by atoms with E-state index in [0.29, 0.717) is 6.42 Å². The molecule has 0 fully saturated rings. The van der Waals surface area contributed by atoms with Gasteiger partial charge in [0, 0.05) is 19.2 Å². The van der Waals surface area contributed by atoms with Crippen molar-refractivity contribution in [2.45, 2.75) is 32.1 Å². The fraction of sp³-hybridized carbons (Fsp3) is 0.400. The normalized spacial score (nSPS) is 11.8. The highest BCUT2D eigenvalue weighted by Gasteiger charge is 2.16. The third-order valence-corrected chi connectivity index (χ3v) is 4.89. The van der Waals surface area contributed by atoms with Crippen molar-refractivity contribution in [2.75, 3.05) is 6.61 Å². The molecule has 0 aliphatic rings. The first-order valence-electron chi connectivity index (χ1n) is 6.76. The lowest BCUT2D eigenvalue weighted by Gasteiger charge is -2.06. The summed E-state index contributed by atoms with van der Waals surface area (Å²) in [6, 6.07) is 6.63. The highest BCUT2D eigenvalue weighted by molar-refractivity contribution is 7.86. The molecule has 2 rings (SSSR count). The minimum absolute atomic E-state index is 0.115. The molecule has 2 aromatic rings. The minimum atomic E-state index is -3.69. The van der Waals surface area contributed by atoms with Crippen molar-refractivity contribution >= 4 is 10.1 Å². The fourth-order valence-electron chi connectivity index (χ4n) is 2.21. The van der Waals surface area contributed by atoms with Gasteiger partial charge >= 0.3 is 0 Å². The summed E-state index contributed by atoms with van der Waals surface area (Å²) in [5, 5.41) is 4.31. The minimum Gasteiger partial charge on any atom is -0.272 e. The number of nitrogens with zero attached hydrogens (tertiary/aromatic N) is 2. The molecule has 21 heavy (non-hydrogen) atoms. The lowest BCUT2D eigenvalue weighted by molar-refractivity contribution is 0.321. The van der Waals surface area contributed by atoms with Crippen LogP contribution in [0, 0.1) is 20.8 Å². The molecule has 6 heteroatoms. The Balaban J connectivity index is 2.04. The first-order chi connectivity index (χ1) is 9.81. The van der Waals surface area contributed by atoms with Gasteiger partial charge < -0.3 is 0 Å². The van der Waals surface area contributed by atoms with Gasteiger partial charge in [0.1, 0.15) is 0 Å². The number of aryl methyl sites for hydroxylation is 3. The Morgan fingerprint density at radius 1 is 1.14 bits per heavy atom. The van der Waals surface area contributed by atoms with Crippen molar-refractivity contribution in [2.24, 2.45) is 7.05 Å². The summed E-state index contributed by atoms with van der Waals surface area (Å²) in [5.74, 6) is 0. The van der Waals surface area contributed by atoms with E-state index in [2.05, 4.69) is 5.10 Å². The Bertz CT molecular complexity index is 731. The van der Waals surface area contributed by atoms with Gasteiger partial charge in [-0.15, -0.1) is 0 Å². The molecule has 0 aliphatic heterocycles. The quantitative estimate of drug-likeness (QED) is 0.795. The number of hydrogen-bond donors (Lipinski definition) is 0. The standard InChI is InChI=1S/C15H20N2O3S/c1-11-5-7-14(8-6-11)21(18,19)20-10-9-15-12(2)16-17(4)13(15)3/h5-8H,9-10H2,1-4H3. The van der Waals surface area contributed by atoms with Gasteiger partial charge in [0.25, 0.3) is 10.1 Å². The zero-order valence-corrected chi connectivity index (χ0v) is 13.6. The van der Waals surface area contributed by atoms with E-state index in [1.54, 1.807) is 28.9 Å². The maximum Gasteiger partial charge on any atom is 0.296 e. The maximum atomic E-state index is 12.1. The molecular formula is C15H20N2O3S. The Labute approximate surface area is 125 Å². The molecule has 1 aromatic heterocycles. The highest BCUT2D eigenvalue weighted by atomic mass is 32.2. The van der Waals surface area contributed by atoms with Crippen LogP contribution < -0.4 is 0 Å². The van der Waals surface area contributed by atoms with Crippen molar-refractivity contribution in [3.63, 3.8) is 0 Å². The highest BCUT2D eigenvalue weighted by Crippen LogP contribution is 2.16. The Morgan fingerprint density at radius 2 is 1.76 bits per heavy atom. The van der Waals surface area contributed by atoms with E-state index in [9.17, 15) is 8.42 Å². The second kappa shape index (κ2) is 5.99. The lowest BCUT2D eigenvalue weighted by Crippen LogP contribution is -2.10. The van der Waals surface area contributed by atoms with Crippen molar-refractivity contribution in [3.05, 3.63) is 46.8 Å². The summed E-state index contributed by atoms with van der Waals surface area (Å²) < 4.78 is 31.0. The van der Waals surface area contributed by atoms with Crippen molar-refractivity contribution in [3.8, 4) is 0 Å². The predicted octanol–water partition coefficient (Wildman–Crippen LogP) is 2.29. The van der Waals surface area contributed by atoms with Crippen LogP contribution in [0.4, 0.5) is 0 Å². The van der Waals surface area contributed by atoms with Crippen LogP contribution in [0.3, 0.4) is 0 Å². The summed E-state index contributed by atoms with van der Waals surface area (Å²) in [6.07, 6.45) is 0.524.